The summed E-state index contributed by atoms with van der Waals surface area (Å²) in [6, 6.07) is 10.3. The zero-order valence-electron chi connectivity index (χ0n) is 20.9. The smallest absolute Gasteiger partial charge is 0.256 e. The number of likely N-dealkylation sites (tertiary alicyclic amines) is 1. The van der Waals surface area contributed by atoms with E-state index in [9.17, 15) is 14.4 Å². The highest BCUT2D eigenvalue weighted by Crippen LogP contribution is 2.39. The van der Waals surface area contributed by atoms with Gasteiger partial charge in [-0.05, 0) is 30.7 Å². The van der Waals surface area contributed by atoms with Crippen LogP contribution in [0.4, 0.5) is 0 Å². The maximum absolute atomic E-state index is 13.8. The van der Waals surface area contributed by atoms with E-state index >= 15 is 0 Å². The standard InChI is InChI=1S/C27H34N4O4/c1-19-7-5-9-21(15-19)24(33)31-22(23(32)29-17-20-8-6-12-28-16-20)18-35-27(31)10-13-30(14-11-27)25(34)26(2,3)4/h5-9,12,15-16,22H,10-11,13-14,17-18H2,1-4H3,(H,29,32). The highest BCUT2D eigenvalue weighted by molar-refractivity contribution is 5.98. The van der Waals surface area contributed by atoms with Gasteiger partial charge in [-0.3, -0.25) is 24.3 Å². The summed E-state index contributed by atoms with van der Waals surface area (Å²) in [4.78, 5) is 47.5. The van der Waals surface area contributed by atoms with Crippen LogP contribution in [0.1, 0.15) is 55.1 Å². The lowest BCUT2D eigenvalue weighted by molar-refractivity contribution is -0.150. The second-order valence-electron chi connectivity index (χ2n) is 10.4. The third kappa shape index (κ3) is 5.22. The van der Waals surface area contributed by atoms with Crippen LogP contribution < -0.4 is 5.32 Å². The van der Waals surface area contributed by atoms with Crippen molar-refractivity contribution in [1.29, 1.82) is 0 Å². The normalized spacial score (nSPS) is 19.6. The van der Waals surface area contributed by atoms with Gasteiger partial charge in [-0.25, -0.2) is 0 Å². The summed E-state index contributed by atoms with van der Waals surface area (Å²) >= 11 is 0. The Labute approximate surface area is 206 Å². The summed E-state index contributed by atoms with van der Waals surface area (Å²) in [5.41, 5.74) is 0.958. The van der Waals surface area contributed by atoms with E-state index in [0.717, 1.165) is 11.1 Å². The van der Waals surface area contributed by atoms with Crippen molar-refractivity contribution in [3.63, 3.8) is 0 Å². The molecule has 0 radical (unpaired) electrons. The zero-order chi connectivity index (χ0) is 25.2. The average Bonchev–Trinajstić information content (AvgIpc) is 3.20. The van der Waals surface area contributed by atoms with Gasteiger partial charge in [0, 0.05) is 55.8 Å². The number of hydrogen-bond donors (Lipinski definition) is 1. The van der Waals surface area contributed by atoms with Crippen LogP contribution >= 0.6 is 0 Å². The topological polar surface area (TPSA) is 91.8 Å². The Hall–Kier alpha value is -3.26. The summed E-state index contributed by atoms with van der Waals surface area (Å²) in [6.45, 7) is 9.02. The third-order valence-corrected chi connectivity index (χ3v) is 6.71. The second kappa shape index (κ2) is 9.77. The molecule has 2 saturated heterocycles. The number of aryl methyl sites for hydroxylation is 1. The molecule has 2 aliphatic heterocycles. The molecule has 1 aromatic heterocycles. The molecule has 0 bridgehead atoms. The van der Waals surface area contributed by atoms with Crippen molar-refractivity contribution >= 4 is 17.7 Å². The Morgan fingerprint density at radius 3 is 2.51 bits per heavy atom. The molecule has 1 N–H and O–H groups in total. The molecule has 2 aliphatic rings. The van der Waals surface area contributed by atoms with Crippen molar-refractivity contribution in [2.75, 3.05) is 19.7 Å². The Kier molecular flexibility index (Phi) is 6.94. The van der Waals surface area contributed by atoms with Gasteiger partial charge in [0.2, 0.25) is 11.8 Å². The largest absolute Gasteiger partial charge is 0.353 e. The van der Waals surface area contributed by atoms with Crippen molar-refractivity contribution in [1.82, 2.24) is 20.1 Å². The molecule has 1 unspecified atom stereocenters. The Balaban J connectivity index is 1.57. The quantitative estimate of drug-likeness (QED) is 0.730. The number of carbonyl (C=O) groups excluding carboxylic acids is 3. The minimum atomic E-state index is -0.925. The molecule has 35 heavy (non-hydrogen) atoms. The number of hydrogen-bond acceptors (Lipinski definition) is 5. The molecule has 3 heterocycles. The molecule has 2 fully saturated rings. The fourth-order valence-electron chi connectivity index (χ4n) is 4.83. The highest BCUT2D eigenvalue weighted by atomic mass is 16.5. The van der Waals surface area contributed by atoms with Gasteiger partial charge < -0.3 is 15.0 Å². The SMILES string of the molecule is Cc1cccc(C(=O)N2C(C(=O)NCc3cccnc3)COC23CCN(C(=O)C(C)(C)C)CC3)c1. The van der Waals surface area contributed by atoms with E-state index in [2.05, 4.69) is 10.3 Å². The number of piperidine rings is 1. The lowest BCUT2D eigenvalue weighted by atomic mass is 9.91. The number of carbonyl (C=O) groups is 3. The van der Waals surface area contributed by atoms with Gasteiger partial charge >= 0.3 is 0 Å². The molecular weight excluding hydrogens is 444 g/mol. The molecule has 8 heteroatoms. The molecule has 4 rings (SSSR count). The van der Waals surface area contributed by atoms with Crippen molar-refractivity contribution in [2.24, 2.45) is 5.41 Å². The summed E-state index contributed by atoms with van der Waals surface area (Å²) in [7, 11) is 0. The fourth-order valence-corrected chi connectivity index (χ4v) is 4.83. The molecule has 0 aliphatic carbocycles. The number of ether oxygens (including phenoxy) is 1. The highest BCUT2D eigenvalue weighted by Gasteiger charge is 2.54. The van der Waals surface area contributed by atoms with E-state index in [-0.39, 0.29) is 24.3 Å². The first kappa shape index (κ1) is 24.9. The summed E-state index contributed by atoms with van der Waals surface area (Å²) < 4.78 is 6.26. The van der Waals surface area contributed by atoms with Gasteiger partial charge in [0.15, 0.2) is 0 Å². The van der Waals surface area contributed by atoms with Crippen LogP contribution in [0.15, 0.2) is 48.8 Å². The Morgan fingerprint density at radius 1 is 1.14 bits per heavy atom. The summed E-state index contributed by atoms with van der Waals surface area (Å²) in [5.74, 6) is -0.420. The maximum atomic E-state index is 13.8. The predicted molar refractivity (Wildman–Crippen MR) is 131 cm³/mol. The molecular formula is C27H34N4O4. The first-order valence-electron chi connectivity index (χ1n) is 12.1. The molecule has 1 aromatic carbocycles. The van der Waals surface area contributed by atoms with Crippen molar-refractivity contribution in [2.45, 2.75) is 58.8 Å². The lowest BCUT2D eigenvalue weighted by Gasteiger charge is -2.45. The van der Waals surface area contributed by atoms with E-state index in [1.807, 2.05) is 62.9 Å². The first-order chi connectivity index (χ1) is 16.6. The maximum Gasteiger partial charge on any atom is 0.256 e. The van der Waals surface area contributed by atoms with Gasteiger partial charge in [0.1, 0.15) is 11.8 Å². The number of amides is 3. The Bertz CT molecular complexity index is 1090. The second-order valence-corrected chi connectivity index (χ2v) is 10.4. The van der Waals surface area contributed by atoms with Crippen molar-refractivity contribution in [3.05, 3.63) is 65.5 Å². The van der Waals surface area contributed by atoms with E-state index in [1.165, 1.54) is 0 Å². The monoisotopic (exact) mass is 478 g/mol. The van der Waals surface area contributed by atoms with Crippen LogP contribution in [0.3, 0.4) is 0 Å². The molecule has 186 valence electrons. The Morgan fingerprint density at radius 2 is 1.89 bits per heavy atom. The average molecular weight is 479 g/mol. The molecule has 3 amide bonds. The number of pyridine rings is 1. The van der Waals surface area contributed by atoms with Crippen LogP contribution in [-0.2, 0) is 20.9 Å². The zero-order valence-corrected chi connectivity index (χ0v) is 20.9. The number of nitrogens with one attached hydrogen (secondary N) is 1. The minimum Gasteiger partial charge on any atom is -0.353 e. The molecule has 1 atom stereocenters. The van der Waals surface area contributed by atoms with Crippen LogP contribution in [0.2, 0.25) is 0 Å². The van der Waals surface area contributed by atoms with Crippen LogP contribution in [0.25, 0.3) is 0 Å². The minimum absolute atomic E-state index is 0.0765. The number of benzene rings is 1. The number of aromatic nitrogens is 1. The van der Waals surface area contributed by atoms with Gasteiger partial charge in [-0.15, -0.1) is 0 Å². The van der Waals surface area contributed by atoms with E-state index in [4.69, 9.17) is 4.74 Å². The summed E-state index contributed by atoms with van der Waals surface area (Å²) in [5, 5.41) is 2.94. The van der Waals surface area contributed by atoms with Gasteiger partial charge in [0.05, 0.1) is 6.61 Å². The number of rotatable bonds is 4. The van der Waals surface area contributed by atoms with E-state index in [1.54, 1.807) is 23.4 Å². The van der Waals surface area contributed by atoms with Gasteiger partial charge in [-0.2, -0.15) is 0 Å². The van der Waals surface area contributed by atoms with E-state index < -0.39 is 17.2 Å². The molecule has 1 spiro atoms. The molecule has 2 aromatic rings. The van der Waals surface area contributed by atoms with Crippen molar-refractivity contribution in [3.8, 4) is 0 Å². The molecule has 0 saturated carbocycles. The van der Waals surface area contributed by atoms with Crippen LogP contribution in [0.5, 0.6) is 0 Å². The summed E-state index contributed by atoms with van der Waals surface area (Å²) in [6.07, 6.45) is 4.29. The van der Waals surface area contributed by atoms with Crippen molar-refractivity contribution < 1.29 is 19.1 Å². The van der Waals surface area contributed by atoms with Gasteiger partial charge in [0.25, 0.3) is 5.91 Å². The van der Waals surface area contributed by atoms with Gasteiger partial charge in [-0.1, -0.05) is 44.5 Å². The van der Waals surface area contributed by atoms with Crippen LogP contribution in [0, 0.1) is 12.3 Å². The lowest BCUT2D eigenvalue weighted by Crippen LogP contribution is -2.60. The van der Waals surface area contributed by atoms with Crippen LogP contribution in [-0.4, -0.2) is 64.0 Å². The van der Waals surface area contributed by atoms with E-state index in [0.29, 0.717) is 38.0 Å². The number of nitrogens with zero attached hydrogens (tertiary/aromatic N) is 3. The third-order valence-electron chi connectivity index (χ3n) is 6.71. The first-order valence-corrected chi connectivity index (χ1v) is 12.1. The fraction of sp³-hybridized carbons (Fsp3) is 0.481. The molecule has 8 nitrogen and oxygen atoms in total. The predicted octanol–water partition coefficient (Wildman–Crippen LogP) is 2.91.